The lowest BCUT2D eigenvalue weighted by molar-refractivity contribution is 0.662. The fraction of sp³-hybridized carbons (Fsp3) is 0.0769. The second kappa shape index (κ2) is 14.9. The van der Waals surface area contributed by atoms with Crippen LogP contribution < -0.4 is 4.90 Å². The van der Waals surface area contributed by atoms with E-state index < -0.39 is 0 Å². The first-order valence-electron chi connectivity index (χ1n) is 23.4. The van der Waals surface area contributed by atoms with E-state index in [-0.39, 0.29) is 10.8 Å². The number of fused-ring (bicyclic) bond motifs is 9. The van der Waals surface area contributed by atoms with Gasteiger partial charge in [-0.1, -0.05) is 196 Å². The van der Waals surface area contributed by atoms with Crippen LogP contribution in [0.3, 0.4) is 0 Å². The molecular formula is C65H47NO. The van der Waals surface area contributed by atoms with Gasteiger partial charge in [0.05, 0.1) is 0 Å². The summed E-state index contributed by atoms with van der Waals surface area (Å²) in [6, 6.07) is 84.7. The summed E-state index contributed by atoms with van der Waals surface area (Å²) in [4.78, 5) is 2.44. The standard InChI is InChI=1S/C65H47NO/c1-64(2)57-30-12-9-25-52(57)55-29-16-28-54(63(55)64)50-23-8-7-22-48(50)42-34-36-45(37-35-42)66(46-21-15-18-43(40-46)49-27-17-33-61-62(49)56-26-11-14-32-60(56)67-61)47-38-39-53-51-24-10-13-31-58(51)65(3,59(53)41-47)44-19-5-4-6-20-44/h4-41H,1-3H3. The number of nitrogens with zero attached hydrogens (tertiary/aromatic N) is 1. The molecule has 67 heavy (non-hydrogen) atoms. The van der Waals surface area contributed by atoms with Gasteiger partial charge in [-0.15, -0.1) is 0 Å². The summed E-state index contributed by atoms with van der Waals surface area (Å²) in [6.45, 7) is 7.14. The van der Waals surface area contributed by atoms with Gasteiger partial charge < -0.3 is 9.32 Å². The van der Waals surface area contributed by atoms with Crippen LogP contribution >= 0.6 is 0 Å². The zero-order chi connectivity index (χ0) is 44.9. The van der Waals surface area contributed by atoms with Crippen LogP contribution in [-0.2, 0) is 10.8 Å². The van der Waals surface area contributed by atoms with Crippen molar-refractivity contribution >= 4 is 39.0 Å². The quantitative estimate of drug-likeness (QED) is 0.159. The van der Waals surface area contributed by atoms with Gasteiger partial charge in [0.25, 0.3) is 0 Å². The Morgan fingerprint density at radius 1 is 0.343 bits per heavy atom. The molecule has 0 saturated heterocycles. The first-order valence-corrected chi connectivity index (χ1v) is 23.4. The van der Waals surface area contributed by atoms with E-state index in [0.717, 1.165) is 50.1 Å². The molecule has 13 rings (SSSR count). The molecule has 318 valence electrons. The Morgan fingerprint density at radius 3 is 1.70 bits per heavy atom. The summed E-state index contributed by atoms with van der Waals surface area (Å²) < 4.78 is 6.38. The molecule has 0 radical (unpaired) electrons. The fourth-order valence-corrected chi connectivity index (χ4v) is 11.8. The van der Waals surface area contributed by atoms with E-state index in [1.807, 2.05) is 6.07 Å². The third kappa shape index (κ3) is 5.89. The highest BCUT2D eigenvalue weighted by atomic mass is 16.3. The zero-order valence-electron chi connectivity index (χ0n) is 37.8. The molecule has 2 aliphatic carbocycles. The van der Waals surface area contributed by atoms with E-state index in [1.54, 1.807) is 0 Å². The highest BCUT2D eigenvalue weighted by molar-refractivity contribution is 6.12. The molecule has 0 aliphatic heterocycles. The Balaban J connectivity index is 0.973. The van der Waals surface area contributed by atoms with Crippen LogP contribution in [0, 0.1) is 0 Å². The monoisotopic (exact) mass is 857 g/mol. The minimum Gasteiger partial charge on any atom is -0.456 e. The van der Waals surface area contributed by atoms with Crippen molar-refractivity contribution in [3.05, 3.63) is 258 Å². The molecule has 0 bridgehead atoms. The van der Waals surface area contributed by atoms with Gasteiger partial charge in [0.15, 0.2) is 0 Å². The van der Waals surface area contributed by atoms with Crippen molar-refractivity contribution in [1.29, 1.82) is 0 Å². The summed E-state index contributed by atoms with van der Waals surface area (Å²) in [7, 11) is 0. The molecule has 0 spiro atoms. The van der Waals surface area contributed by atoms with Crippen LogP contribution in [0.2, 0.25) is 0 Å². The van der Waals surface area contributed by atoms with E-state index >= 15 is 0 Å². The van der Waals surface area contributed by atoms with Crippen molar-refractivity contribution in [2.75, 3.05) is 4.90 Å². The topological polar surface area (TPSA) is 16.4 Å². The average Bonchev–Trinajstić information content (AvgIpc) is 3.98. The Bertz CT molecular complexity index is 3740. The lowest BCUT2D eigenvalue weighted by Crippen LogP contribution is -2.22. The third-order valence-electron chi connectivity index (χ3n) is 15.0. The summed E-state index contributed by atoms with van der Waals surface area (Å²) >= 11 is 0. The van der Waals surface area contributed by atoms with Crippen molar-refractivity contribution in [2.45, 2.75) is 31.6 Å². The smallest absolute Gasteiger partial charge is 0.136 e. The predicted octanol–water partition coefficient (Wildman–Crippen LogP) is 17.7. The second-order valence-electron chi connectivity index (χ2n) is 18.9. The largest absolute Gasteiger partial charge is 0.456 e. The molecule has 1 heterocycles. The maximum absolute atomic E-state index is 6.38. The Labute approximate surface area is 392 Å². The Morgan fingerprint density at radius 2 is 0.896 bits per heavy atom. The van der Waals surface area contributed by atoms with Crippen molar-refractivity contribution in [1.82, 2.24) is 0 Å². The average molecular weight is 858 g/mol. The molecule has 2 nitrogen and oxygen atoms in total. The summed E-state index contributed by atoms with van der Waals surface area (Å²) in [5, 5.41) is 2.26. The third-order valence-corrected chi connectivity index (χ3v) is 15.0. The van der Waals surface area contributed by atoms with Crippen molar-refractivity contribution in [3.8, 4) is 55.6 Å². The first kappa shape index (κ1) is 39.2. The van der Waals surface area contributed by atoms with E-state index in [0.29, 0.717) is 0 Å². The van der Waals surface area contributed by atoms with Crippen molar-refractivity contribution in [3.63, 3.8) is 0 Å². The summed E-state index contributed by atoms with van der Waals surface area (Å²) in [5.74, 6) is 0. The van der Waals surface area contributed by atoms with E-state index in [9.17, 15) is 0 Å². The Kier molecular flexibility index (Phi) is 8.73. The van der Waals surface area contributed by atoms with Gasteiger partial charge in [0.2, 0.25) is 0 Å². The van der Waals surface area contributed by atoms with Crippen LogP contribution in [0.4, 0.5) is 17.1 Å². The molecule has 10 aromatic carbocycles. The zero-order valence-corrected chi connectivity index (χ0v) is 37.8. The summed E-state index contributed by atoms with van der Waals surface area (Å²) in [6.07, 6.45) is 0. The first-order chi connectivity index (χ1) is 32.9. The number of benzene rings is 10. The van der Waals surface area contributed by atoms with Crippen LogP contribution in [0.1, 0.15) is 48.6 Å². The molecule has 0 fully saturated rings. The molecule has 0 N–H and O–H groups in total. The molecule has 0 saturated carbocycles. The van der Waals surface area contributed by atoms with E-state index in [1.165, 1.54) is 72.3 Å². The molecular weight excluding hydrogens is 811 g/mol. The highest BCUT2D eigenvalue weighted by Gasteiger charge is 2.41. The lowest BCUT2D eigenvalue weighted by atomic mass is 9.74. The molecule has 2 heteroatoms. The predicted molar refractivity (Wildman–Crippen MR) is 280 cm³/mol. The molecule has 2 aliphatic rings. The molecule has 1 unspecified atom stereocenters. The number of para-hydroxylation sites is 1. The summed E-state index contributed by atoms with van der Waals surface area (Å²) in [5.41, 5.74) is 23.8. The van der Waals surface area contributed by atoms with E-state index in [4.69, 9.17) is 4.42 Å². The number of anilines is 3. The molecule has 1 aromatic heterocycles. The number of hydrogen-bond acceptors (Lipinski definition) is 2. The lowest BCUT2D eigenvalue weighted by Gasteiger charge is -2.31. The number of hydrogen-bond donors (Lipinski definition) is 0. The molecule has 11 aromatic rings. The van der Waals surface area contributed by atoms with Gasteiger partial charge in [0.1, 0.15) is 11.2 Å². The normalized spacial score (nSPS) is 15.3. The highest BCUT2D eigenvalue weighted by Crippen LogP contribution is 2.55. The second-order valence-corrected chi connectivity index (χ2v) is 18.9. The van der Waals surface area contributed by atoms with Crippen molar-refractivity contribution in [2.24, 2.45) is 0 Å². The minimum absolute atomic E-state index is 0.126. The van der Waals surface area contributed by atoms with Crippen LogP contribution in [-0.4, -0.2) is 0 Å². The fourth-order valence-electron chi connectivity index (χ4n) is 11.8. The molecule has 1 atom stereocenters. The van der Waals surface area contributed by atoms with Gasteiger partial charge in [-0.05, 0) is 139 Å². The van der Waals surface area contributed by atoms with Crippen molar-refractivity contribution < 1.29 is 4.42 Å². The number of rotatable bonds is 7. The van der Waals surface area contributed by atoms with Gasteiger partial charge in [-0.2, -0.15) is 0 Å². The van der Waals surface area contributed by atoms with Gasteiger partial charge >= 0.3 is 0 Å². The maximum atomic E-state index is 6.38. The minimum atomic E-state index is -0.337. The van der Waals surface area contributed by atoms with Crippen LogP contribution in [0.25, 0.3) is 77.6 Å². The number of furan rings is 1. The van der Waals surface area contributed by atoms with Gasteiger partial charge in [-0.3, -0.25) is 0 Å². The molecule has 0 amide bonds. The van der Waals surface area contributed by atoms with Crippen LogP contribution in [0.15, 0.2) is 235 Å². The van der Waals surface area contributed by atoms with E-state index in [2.05, 4.69) is 250 Å². The van der Waals surface area contributed by atoms with Gasteiger partial charge in [0, 0.05) is 38.7 Å². The van der Waals surface area contributed by atoms with Gasteiger partial charge in [-0.25, -0.2) is 0 Å². The maximum Gasteiger partial charge on any atom is 0.136 e. The Hall–Kier alpha value is -8.20. The van der Waals surface area contributed by atoms with Crippen LogP contribution in [0.5, 0.6) is 0 Å². The SMILES string of the molecule is CC1(C)c2ccccc2-c2cccc(-c3ccccc3-c3ccc(N(c4cccc(-c5cccc6oc7ccccc7c56)c4)c4ccc5c(c4)C(C)(c4ccccc4)c4ccccc4-5)cc3)c21.